The van der Waals surface area contributed by atoms with Crippen molar-refractivity contribution in [2.75, 3.05) is 0 Å². The molecular formula is C10H6O4S2. The van der Waals surface area contributed by atoms with Gasteiger partial charge in [0.05, 0.1) is 10.4 Å². The van der Waals surface area contributed by atoms with Crippen molar-refractivity contribution < 1.29 is 19.8 Å². The van der Waals surface area contributed by atoms with Crippen LogP contribution in [-0.2, 0) is 0 Å². The fourth-order valence-corrected chi connectivity index (χ4v) is 3.10. The highest BCUT2D eigenvalue weighted by atomic mass is 32.1. The van der Waals surface area contributed by atoms with Gasteiger partial charge in [0.25, 0.3) is 0 Å². The molecule has 4 nitrogen and oxygen atoms in total. The normalized spacial score (nSPS) is 10.2. The molecule has 0 aromatic carbocycles. The molecule has 16 heavy (non-hydrogen) atoms. The maximum Gasteiger partial charge on any atom is 0.345 e. The van der Waals surface area contributed by atoms with Gasteiger partial charge >= 0.3 is 11.9 Å². The summed E-state index contributed by atoms with van der Waals surface area (Å²) in [6.07, 6.45) is 0. The largest absolute Gasteiger partial charge is 0.478 e. The molecule has 0 saturated carbocycles. The van der Waals surface area contributed by atoms with Crippen LogP contribution >= 0.6 is 22.7 Å². The fourth-order valence-electron chi connectivity index (χ4n) is 1.25. The number of thiophene rings is 2. The molecule has 0 saturated heterocycles. The Morgan fingerprint density at radius 2 is 1.94 bits per heavy atom. The van der Waals surface area contributed by atoms with E-state index >= 15 is 0 Å². The molecule has 82 valence electrons. The van der Waals surface area contributed by atoms with Gasteiger partial charge in [0, 0.05) is 4.88 Å². The number of hydrogen-bond donors (Lipinski definition) is 2. The quantitative estimate of drug-likeness (QED) is 0.883. The van der Waals surface area contributed by atoms with Crippen molar-refractivity contribution in [2.45, 2.75) is 0 Å². The smallest absolute Gasteiger partial charge is 0.345 e. The SMILES string of the molecule is O=C(O)c1cc(C(=O)O)c(-c2cccs2)s1. The Hall–Kier alpha value is -1.66. The van der Waals surface area contributed by atoms with Crippen molar-refractivity contribution in [2.24, 2.45) is 0 Å². The zero-order valence-corrected chi connectivity index (χ0v) is 9.47. The average molecular weight is 254 g/mol. The number of carbonyl (C=O) groups is 2. The van der Waals surface area contributed by atoms with E-state index in [1.54, 1.807) is 12.1 Å². The van der Waals surface area contributed by atoms with Crippen molar-refractivity contribution in [3.8, 4) is 9.75 Å². The number of carboxylic acids is 2. The van der Waals surface area contributed by atoms with Gasteiger partial charge in [0.15, 0.2) is 0 Å². The molecule has 2 N–H and O–H groups in total. The predicted octanol–water partition coefficient (Wildman–Crippen LogP) is 2.87. The summed E-state index contributed by atoms with van der Waals surface area (Å²) in [5, 5.41) is 19.6. The highest BCUT2D eigenvalue weighted by Crippen LogP contribution is 2.35. The van der Waals surface area contributed by atoms with Gasteiger partial charge in [-0.1, -0.05) is 6.07 Å². The van der Waals surface area contributed by atoms with Gasteiger partial charge < -0.3 is 10.2 Å². The molecule has 0 aliphatic rings. The van der Waals surface area contributed by atoms with Crippen molar-refractivity contribution in [1.29, 1.82) is 0 Å². The Morgan fingerprint density at radius 3 is 2.44 bits per heavy atom. The van der Waals surface area contributed by atoms with Crippen LogP contribution in [0.15, 0.2) is 23.6 Å². The summed E-state index contributed by atoms with van der Waals surface area (Å²) < 4.78 is 0. The van der Waals surface area contributed by atoms with Crippen LogP contribution < -0.4 is 0 Å². The van der Waals surface area contributed by atoms with Gasteiger partial charge in [-0.25, -0.2) is 9.59 Å². The summed E-state index contributed by atoms with van der Waals surface area (Å²) in [7, 11) is 0. The molecule has 0 aliphatic heterocycles. The van der Waals surface area contributed by atoms with Crippen molar-refractivity contribution in [3.63, 3.8) is 0 Å². The topological polar surface area (TPSA) is 74.6 Å². The highest BCUT2D eigenvalue weighted by Gasteiger charge is 2.20. The first-order valence-corrected chi connectivity index (χ1v) is 5.93. The number of carboxylic acid groups (broad SMARTS) is 2. The molecule has 0 spiro atoms. The predicted molar refractivity (Wildman–Crippen MR) is 61.6 cm³/mol. The third kappa shape index (κ3) is 1.84. The minimum Gasteiger partial charge on any atom is -0.478 e. The molecule has 0 radical (unpaired) electrons. The summed E-state index contributed by atoms with van der Waals surface area (Å²) in [5.74, 6) is -2.21. The lowest BCUT2D eigenvalue weighted by Gasteiger charge is -1.93. The maximum absolute atomic E-state index is 11.0. The molecule has 0 unspecified atom stereocenters. The Labute approximate surface area is 98.4 Å². The molecule has 0 atom stereocenters. The first-order chi connectivity index (χ1) is 7.59. The van der Waals surface area contributed by atoms with Gasteiger partial charge in [-0.15, -0.1) is 22.7 Å². The second-order valence-electron chi connectivity index (χ2n) is 2.94. The summed E-state index contributed by atoms with van der Waals surface area (Å²) in [5.41, 5.74) is 0.0462. The lowest BCUT2D eigenvalue weighted by Crippen LogP contribution is -1.96. The second-order valence-corrected chi connectivity index (χ2v) is 4.94. The van der Waals surface area contributed by atoms with E-state index in [0.717, 1.165) is 16.2 Å². The summed E-state index contributed by atoms with van der Waals surface area (Å²) in [6.45, 7) is 0. The molecule has 0 aliphatic carbocycles. The van der Waals surface area contributed by atoms with E-state index < -0.39 is 11.9 Å². The molecule has 2 heterocycles. The monoisotopic (exact) mass is 254 g/mol. The van der Waals surface area contributed by atoms with Gasteiger partial charge in [-0.05, 0) is 17.5 Å². The third-order valence-electron chi connectivity index (χ3n) is 1.92. The minimum absolute atomic E-state index is 0.0424. The molecule has 0 amide bonds. The summed E-state index contributed by atoms with van der Waals surface area (Å²) in [4.78, 5) is 23.1. The van der Waals surface area contributed by atoms with Crippen LogP contribution in [0.1, 0.15) is 20.0 Å². The van der Waals surface area contributed by atoms with E-state index in [-0.39, 0.29) is 10.4 Å². The van der Waals surface area contributed by atoms with Crippen LogP contribution in [0.5, 0.6) is 0 Å². The zero-order chi connectivity index (χ0) is 11.7. The van der Waals surface area contributed by atoms with E-state index in [2.05, 4.69) is 0 Å². The van der Waals surface area contributed by atoms with Gasteiger partial charge in [0.1, 0.15) is 4.88 Å². The standard InChI is InChI=1S/C10H6O4S2/c11-9(12)5-4-7(10(13)14)16-8(5)6-2-1-3-15-6/h1-4H,(H,11,12)(H,13,14). The second kappa shape index (κ2) is 4.07. The fraction of sp³-hybridized carbons (Fsp3) is 0. The number of rotatable bonds is 3. The average Bonchev–Trinajstić information content (AvgIpc) is 2.86. The van der Waals surface area contributed by atoms with Crippen LogP contribution in [0.4, 0.5) is 0 Å². The molecule has 0 fully saturated rings. The highest BCUT2D eigenvalue weighted by molar-refractivity contribution is 7.22. The van der Waals surface area contributed by atoms with Crippen molar-refractivity contribution >= 4 is 34.6 Å². The number of aromatic carboxylic acids is 2. The van der Waals surface area contributed by atoms with E-state index in [1.807, 2.05) is 5.38 Å². The van der Waals surface area contributed by atoms with Gasteiger partial charge in [0.2, 0.25) is 0 Å². The van der Waals surface area contributed by atoms with Crippen LogP contribution in [-0.4, -0.2) is 22.2 Å². The van der Waals surface area contributed by atoms with Gasteiger partial charge in [-0.2, -0.15) is 0 Å². The van der Waals surface area contributed by atoms with Crippen LogP contribution in [0.3, 0.4) is 0 Å². The van der Waals surface area contributed by atoms with Crippen LogP contribution in [0.25, 0.3) is 9.75 Å². The molecule has 2 aromatic heterocycles. The number of hydrogen-bond acceptors (Lipinski definition) is 4. The first-order valence-electron chi connectivity index (χ1n) is 4.24. The molecule has 0 bridgehead atoms. The lowest BCUT2D eigenvalue weighted by molar-refractivity contribution is 0.0696. The van der Waals surface area contributed by atoms with Crippen LogP contribution in [0.2, 0.25) is 0 Å². The lowest BCUT2D eigenvalue weighted by atomic mass is 10.2. The van der Waals surface area contributed by atoms with Crippen molar-refractivity contribution in [1.82, 2.24) is 0 Å². The molecule has 2 rings (SSSR count). The Balaban J connectivity index is 2.59. The Bertz CT molecular complexity index is 539. The van der Waals surface area contributed by atoms with E-state index in [9.17, 15) is 9.59 Å². The first kappa shape index (κ1) is 10.8. The van der Waals surface area contributed by atoms with E-state index in [0.29, 0.717) is 4.88 Å². The summed E-state index contributed by atoms with van der Waals surface area (Å²) in [6, 6.07) is 4.77. The Kier molecular flexibility index (Phi) is 2.76. The molecule has 2 aromatic rings. The Morgan fingerprint density at radius 1 is 1.19 bits per heavy atom. The molecular weight excluding hydrogens is 248 g/mol. The summed E-state index contributed by atoms with van der Waals surface area (Å²) >= 11 is 2.37. The van der Waals surface area contributed by atoms with E-state index in [1.165, 1.54) is 17.4 Å². The minimum atomic E-state index is -1.10. The van der Waals surface area contributed by atoms with Gasteiger partial charge in [-0.3, -0.25) is 0 Å². The molecule has 6 heteroatoms. The third-order valence-corrected chi connectivity index (χ3v) is 4.09. The maximum atomic E-state index is 11.0. The zero-order valence-electron chi connectivity index (χ0n) is 7.84. The van der Waals surface area contributed by atoms with E-state index in [4.69, 9.17) is 10.2 Å². The van der Waals surface area contributed by atoms with Crippen molar-refractivity contribution in [3.05, 3.63) is 34.0 Å². The van der Waals surface area contributed by atoms with Crippen LogP contribution in [0, 0.1) is 0 Å².